The van der Waals surface area contributed by atoms with Crippen molar-refractivity contribution >= 4 is 17.4 Å². The highest BCUT2D eigenvalue weighted by Crippen LogP contribution is 2.20. The van der Waals surface area contributed by atoms with Crippen molar-refractivity contribution in [3.8, 4) is 0 Å². The molecule has 1 unspecified atom stereocenters. The molecule has 1 N–H and O–H groups in total. The van der Waals surface area contributed by atoms with Crippen molar-refractivity contribution < 1.29 is 9.53 Å². The third-order valence-corrected chi connectivity index (χ3v) is 4.34. The zero-order chi connectivity index (χ0) is 16.9. The Labute approximate surface area is 138 Å². The summed E-state index contributed by atoms with van der Waals surface area (Å²) in [4.78, 5) is 19.5. The maximum atomic E-state index is 12.2. The summed E-state index contributed by atoms with van der Waals surface area (Å²) in [5.41, 5.74) is 2.46. The van der Waals surface area contributed by atoms with Gasteiger partial charge >= 0.3 is 6.09 Å². The average molecular weight is 327 g/mol. The Kier molecular flexibility index (Phi) is 6.81. The van der Waals surface area contributed by atoms with Crippen LogP contribution >= 0.6 is 11.3 Å². The van der Waals surface area contributed by atoms with E-state index in [0.717, 1.165) is 12.2 Å². The molecule has 1 amide bonds. The molecule has 1 aromatic rings. The van der Waals surface area contributed by atoms with Crippen LogP contribution in [0.2, 0.25) is 0 Å². The largest absolute Gasteiger partial charge is 0.444 e. The number of nitrogens with zero attached hydrogens (tertiary/aromatic N) is 2. The van der Waals surface area contributed by atoms with Crippen LogP contribution in [0.25, 0.3) is 0 Å². The van der Waals surface area contributed by atoms with Gasteiger partial charge in [0.25, 0.3) is 0 Å². The highest BCUT2D eigenvalue weighted by molar-refractivity contribution is 7.09. The summed E-state index contributed by atoms with van der Waals surface area (Å²) >= 11 is 1.66. The molecule has 0 bridgehead atoms. The molecule has 6 heteroatoms. The van der Waals surface area contributed by atoms with Gasteiger partial charge in [-0.15, -0.1) is 11.3 Å². The molecule has 0 saturated carbocycles. The average Bonchev–Trinajstić information content (AvgIpc) is 2.77. The Bertz CT molecular complexity index is 480. The van der Waals surface area contributed by atoms with Crippen molar-refractivity contribution in [1.29, 1.82) is 0 Å². The van der Waals surface area contributed by atoms with Crippen molar-refractivity contribution in [2.45, 2.75) is 66.2 Å². The number of carbonyl (C=O) groups excluding carboxylic acids is 1. The van der Waals surface area contributed by atoms with Gasteiger partial charge in [-0.05, 0) is 48.5 Å². The summed E-state index contributed by atoms with van der Waals surface area (Å²) < 4.78 is 5.46. The van der Waals surface area contributed by atoms with Crippen LogP contribution in [0.3, 0.4) is 0 Å². The molecule has 1 aromatic heterocycles. The molecule has 1 atom stereocenters. The first-order chi connectivity index (χ1) is 10.1. The lowest BCUT2D eigenvalue weighted by Gasteiger charge is -2.30. The Morgan fingerprint density at radius 2 is 2.05 bits per heavy atom. The van der Waals surface area contributed by atoms with Crippen molar-refractivity contribution in [3.63, 3.8) is 0 Å². The van der Waals surface area contributed by atoms with E-state index in [1.165, 1.54) is 4.88 Å². The van der Waals surface area contributed by atoms with Gasteiger partial charge in [0.15, 0.2) is 0 Å². The molecule has 0 spiro atoms. The molecule has 0 aliphatic rings. The molecule has 0 saturated heterocycles. The molecule has 5 nitrogen and oxygen atoms in total. The minimum atomic E-state index is -0.468. The minimum Gasteiger partial charge on any atom is -0.444 e. The second kappa shape index (κ2) is 7.92. The van der Waals surface area contributed by atoms with Crippen LogP contribution in [0, 0.1) is 6.92 Å². The summed E-state index contributed by atoms with van der Waals surface area (Å²) in [6.07, 6.45) is -0.258. The van der Waals surface area contributed by atoms with Crippen LogP contribution in [-0.4, -0.2) is 40.7 Å². The summed E-state index contributed by atoms with van der Waals surface area (Å²) in [6.45, 7) is 15.1. The number of thiazole rings is 1. The number of hydrogen-bond donors (Lipinski definition) is 1. The molecule has 1 rings (SSSR count). The van der Waals surface area contributed by atoms with Gasteiger partial charge in [0.05, 0.1) is 11.2 Å². The van der Waals surface area contributed by atoms with Gasteiger partial charge in [0.2, 0.25) is 0 Å². The Morgan fingerprint density at radius 1 is 1.41 bits per heavy atom. The number of aryl methyl sites for hydroxylation is 1. The third-order valence-electron chi connectivity index (χ3n) is 3.23. The minimum absolute atomic E-state index is 0.108. The fourth-order valence-corrected chi connectivity index (χ4v) is 2.94. The van der Waals surface area contributed by atoms with E-state index >= 15 is 0 Å². The van der Waals surface area contributed by atoms with Gasteiger partial charge in [-0.25, -0.2) is 9.78 Å². The van der Waals surface area contributed by atoms with Gasteiger partial charge < -0.3 is 15.0 Å². The van der Waals surface area contributed by atoms with Gasteiger partial charge in [-0.3, -0.25) is 0 Å². The van der Waals surface area contributed by atoms with Crippen LogP contribution in [0.5, 0.6) is 0 Å². The molecule has 22 heavy (non-hydrogen) atoms. The Morgan fingerprint density at radius 3 is 2.50 bits per heavy atom. The monoisotopic (exact) mass is 327 g/mol. The van der Waals surface area contributed by atoms with Crippen LogP contribution in [0.1, 0.15) is 58.2 Å². The standard InChI is InChI=1S/C16H29N3O2S/c1-11(2)19(15(20)21-16(5,6)7)9-8-17-12(3)14-13(4)18-10-22-14/h10-12,17H,8-9H2,1-7H3. The van der Waals surface area contributed by atoms with Gasteiger partial charge in [-0.1, -0.05) is 0 Å². The zero-order valence-electron chi connectivity index (χ0n) is 14.8. The molecule has 0 aromatic carbocycles. The zero-order valence-corrected chi connectivity index (χ0v) is 15.6. The van der Waals surface area contributed by atoms with E-state index in [4.69, 9.17) is 4.74 Å². The van der Waals surface area contributed by atoms with Crippen LogP contribution < -0.4 is 5.32 Å². The normalized spacial score (nSPS) is 13.3. The van der Waals surface area contributed by atoms with E-state index in [1.807, 2.05) is 47.1 Å². The molecule has 126 valence electrons. The predicted molar refractivity (Wildman–Crippen MR) is 91.3 cm³/mol. The number of amides is 1. The van der Waals surface area contributed by atoms with Crippen molar-refractivity contribution in [2.24, 2.45) is 0 Å². The maximum Gasteiger partial charge on any atom is 0.410 e. The highest BCUT2D eigenvalue weighted by atomic mass is 32.1. The topological polar surface area (TPSA) is 54.5 Å². The van der Waals surface area contributed by atoms with E-state index in [2.05, 4.69) is 17.2 Å². The second-order valence-corrected chi connectivity index (χ2v) is 7.63. The first kappa shape index (κ1) is 18.9. The molecule has 0 radical (unpaired) electrons. The lowest BCUT2D eigenvalue weighted by molar-refractivity contribution is 0.0192. The molecule has 0 aliphatic carbocycles. The summed E-state index contributed by atoms with van der Waals surface area (Å²) in [5, 5.41) is 3.45. The lowest BCUT2D eigenvalue weighted by Crippen LogP contribution is -2.44. The Balaban J connectivity index is 2.51. The van der Waals surface area contributed by atoms with Crippen molar-refractivity contribution in [3.05, 3.63) is 16.1 Å². The van der Waals surface area contributed by atoms with E-state index < -0.39 is 5.60 Å². The number of carbonyl (C=O) groups is 1. The fraction of sp³-hybridized carbons (Fsp3) is 0.750. The van der Waals surface area contributed by atoms with E-state index in [1.54, 1.807) is 16.2 Å². The number of hydrogen-bond acceptors (Lipinski definition) is 5. The number of aromatic nitrogens is 1. The SMILES string of the molecule is Cc1ncsc1C(C)NCCN(C(=O)OC(C)(C)C)C(C)C. The molecular weight excluding hydrogens is 298 g/mol. The van der Waals surface area contributed by atoms with E-state index in [0.29, 0.717) is 6.54 Å². The van der Waals surface area contributed by atoms with Crippen molar-refractivity contribution in [2.75, 3.05) is 13.1 Å². The van der Waals surface area contributed by atoms with Gasteiger partial charge in [0.1, 0.15) is 5.60 Å². The molecule has 1 heterocycles. The third kappa shape index (κ3) is 5.93. The molecule has 0 aliphatic heterocycles. The maximum absolute atomic E-state index is 12.2. The summed E-state index contributed by atoms with van der Waals surface area (Å²) in [5.74, 6) is 0. The fourth-order valence-electron chi connectivity index (χ4n) is 2.10. The predicted octanol–water partition coefficient (Wildman–Crippen LogP) is 3.75. The first-order valence-corrected chi connectivity index (χ1v) is 8.62. The van der Waals surface area contributed by atoms with Gasteiger partial charge in [-0.2, -0.15) is 0 Å². The van der Waals surface area contributed by atoms with E-state index in [-0.39, 0.29) is 18.2 Å². The quantitative estimate of drug-likeness (QED) is 0.864. The Hall–Kier alpha value is -1.14. The first-order valence-electron chi connectivity index (χ1n) is 7.74. The number of rotatable bonds is 6. The van der Waals surface area contributed by atoms with Gasteiger partial charge in [0, 0.05) is 30.1 Å². The van der Waals surface area contributed by atoms with Crippen LogP contribution in [0.15, 0.2) is 5.51 Å². The van der Waals surface area contributed by atoms with Crippen molar-refractivity contribution in [1.82, 2.24) is 15.2 Å². The molecular formula is C16H29N3O2S. The highest BCUT2D eigenvalue weighted by Gasteiger charge is 2.24. The number of nitrogens with one attached hydrogen (secondary N) is 1. The van der Waals surface area contributed by atoms with E-state index in [9.17, 15) is 4.79 Å². The smallest absolute Gasteiger partial charge is 0.410 e. The summed E-state index contributed by atoms with van der Waals surface area (Å²) in [7, 11) is 0. The second-order valence-electron chi connectivity index (χ2n) is 6.75. The summed E-state index contributed by atoms with van der Waals surface area (Å²) in [6, 6.07) is 0.345. The van der Waals surface area contributed by atoms with Crippen LogP contribution in [-0.2, 0) is 4.74 Å². The van der Waals surface area contributed by atoms with Crippen LogP contribution in [0.4, 0.5) is 4.79 Å². The number of ether oxygens (including phenoxy) is 1. The lowest BCUT2D eigenvalue weighted by atomic mass is 10.2. The molecule has 0 fully saturated rings.